The monoisotopic (exact) mass is 400 g/mol. The molecule has 2 N–H and O–H groups in total. The van der Waals surface area contributed by atoms with Gasteiger partial charge in [-0.15, -0.1) is 0 Å². The van der Waals surface area contributed by atoms with Crippen molar-refractivity contribution in [1.82, 2.24) is 0 Å². The van der Waals surface area contributed by atoms with Crippen LogP contribution in [-0.2, 0) is 29.5 Å². The van der Waals surface area contributed by atoms with Crippen LogP contribution in [0.5, 0.6) is 0 Å². The molecule has 1 heterocycles. The van der Waals surface area contributed by atoms with Crippen molar-refractivity contribution in [3.63, 3.8) is 0 Å². The van der Waals surface area contributed by atoms with E-state index < -0.39 is 50.2 Å². The van der Waals surface area contributed by atoms with Crippen molar-refractivity contribution < 1.29 is 30.6 Å². The fraction of sp³-hybridized carbons (Fsp3) is 0.118. The van der Waals surface area contributed by atoms with E-state index in [-0.39, 0.29) is 11.1 Å². The first kappa shape index (κ1) is 14.6. The van der Waals surface area contributed by atoms with Crippen LogP contribution >= 0.6 is 11.6 Å². The molecule has 0 aromatic heterocycles. The van der Waals surface area contributed by atoms with E-state index in [1.807, 2.05) is 0 Å². The number of carbonyl (C=O) groups is 1. The smallest absolute Gasteiger partial charge is 0.313 e. The lowest BCUT2D eigenvalue weighted by molar-refractivity contribution is -0.123. The normalized spacial score (nSPS) is 22.4. The zero-order valence-corrected chi connectivity index (χ0v) is 14.5. The van der Waals surface area contributed by atoms with Crippen LogP contribution in [0.1, 0.15) is 21.3 Å². The SMILES string of the molecule is [2H]C([2H])(c1ccccc1)S(=O)(=O)OC1=C(N)O[C@]([2H])(c2ccc(F)c(Cl)c2)C1=O. The summed E-state index contributed by atoms with van der Waals surface area (Å²) in [7, 11) is -5.08. The Labute approximate surface area is 158 Å². The Balaban J connectivity index is 1.95. The van der Waals surface area contributed by atoms with Crippen LogP contribution in [0.4, 0.5) is 4.39 Å². The number of benzene rings is 2. The number of hydrogen-bond donors (Lipinski definition) is 1. The summed E-state index contributed by atoms with van der Waals surface area (Å²) < 4.78 is 72.1. The van der Waals surface area contributed by atoms with E-state index in [0.29, 0.717) is 0 Å². The van der Waals surface area contributed by atoms with Crippen molar-refractivity contribution in [3.8, 4) is 0 Å². The summed E-state index contributed by atoms with van der Waals surface area (Å²) in [6.45, 7) is 0. The minimum absolute atomic E-state index is 0.223. The van der Waals surface area contributed by atoms with Gasteiger partial charge >= 0.3 is 10.1 Å². The Morgan fingerprint density at radius 1 is 1.31 bits per heavy atom. The van der Waals surface area contributed by atoms with Gasteiger partial charge in [0.2, 0.25) is 17.4 Å². The third kappa shape index (κ3) is 3.81. The van der Waals surface area contributed by atoms with Gasteiger partial charge < -0.3 is 14.7 Å². The highest BCUT2D eigenvalue weighted by molar-refractivity contribution is 7.86. The largest absolute Gasteiger partial charge is 0.460 e. The molecule has 0 bridgehead atoms. The summed E-state index contributed by atoms with van der Waals surface area (Å²) in [6.07, 6.45) is -2.58. The molecule has 0 fully saturated rings. The first-order chi connectivity index (χ1) is 13.4. The first-order valence-electron chi connectivity index (χ1n) is 8.59. The lowest BCUT2D eigenvalue weighted by atomic mass is 10.1. The van der Waals surface area contributed by atoms with Crippen LogP contribution in [0.3, 0.4) is 0 Å². The quantitative estimate of drug-likeness (QED) is 0.775. The van der Waals surface area contributed by atoms with Crippen molar-refractivity contribution >= 4 is 27.5 Å². The number of ether oxygens (including phenoxy) is 1. The minimum Gasteiger partial charge on any atom is -0.460 e. The number of ketones is 1. The molecule has 1 atom stereocenters. The maximum Gasteiger partial charge on any atom is 0.313 e. The van der Waals surface area contributed by atoms with Crippen molar-refractivity contribution in [3.05, 3.63) is 82.1 Å². The molecule has 3 rings (SSSR count). The molecule has 0 saturated carbocycles. The fourth-order valence-corrected chi connectivity index (χ4v) is 3.13. The Bertz CT molecular complexity index is 1130. The molecule has 0 amide bonds. The molecule has 0 saturated heterocycles. The summed E-state index contributed by atoms with van der Waals surface area (Å²) in [5.74, 6) is -4.01. The molecule has 2 aromatic carbocycles. The predicted molar refractivity (Wildman–Crippen MR) is 91.6 cm³/mol. The number of nitrogens with two attached hydrogens (primary N) is 1. The topological polar surface area (TPSA) is 95.7 Å². The second-order valence-electron chi connectivity index (χ2n) is 5.09. The van der Waals surface area contributed by atoms with Gasteiger partial charge in [-0.05, 0) is 17.7 Å². The lowest BCUT2D eigenvalue weighted by Gasteiger charge is -2.10. The van der Waals surface area contributed by atoms with Crippen molar-refractivity contribution in [1.29, 1.82) is 0 Å². The van der Waals surface area contributed by atoms with Crippen molar-refractivity contribution in [2.75, 3.05) is 0 Å². The number of halogens is 2. The van der Waals surface area contributed by atoms with Gasteiger partial charge in [-0.1, -0.05) is 48.0 Å². The average molecular weight is 401 g/mol. The second-order valence-corrected chi connectivity index (χ2v) is 6.77. The summed E-state index contributed by atoms with van der Waals surface area (Å²) in [4.78, 5) is 12.7. The summed E-state index contributed by atoms with van der Waals surface area (Å²) in [6, 6.07) is 9.74. The van der Waals surface area contributed by atoms with Crippen molar-refractivity contribution in [2.24, 2.45) is 5.73 Å². The molecule has 26 heavy (non-hydrogen) atoms. The van der Waals surface area contributed by atoms with Gasteiger partial charge in [0.1, 0.15) is 11.5 Å². The van der Waals surface area contributed by atoms with E-state index in [1.165, 1.54) is 24.3 Å². The minimum atomic E-state index is -5.08. The summed E-state index contributed by atoms with van der Waals surface area (Å²) in [5.41, 5.74) is 2.04. The van der Waals surface area contributed by atoms with Crippen molar-refractivity contribution in [2.45, 2.75) is 11.8 Å². The standard InChI is InChI=1S/C17H13ClFNO5S/c18-12-8-11(6-7-13(12)19)15-14(21)16(17(20)24-15)25-26(22,23)9-10-4-2-1-3-5-10/h1-8,15H,9,20H2/t15-/m1/s1/i9D2,15D. The van der Waals surface area contributed by atoms with Gasteiger partial charge in [-0.2, -0.15) is 8.42 Å². The maximum absolute atomic E-state index is 13.4. The van der Waals surface area contributed by atoms with Crippen LogP contribution in [0.15, 0.2) is 60.2 Å². The van der Waals surface area contributed by atoms with Crippen LogP contribution in [-0.4, -0.2) is 14.2 Å². The predicted octanol–water partition coefficient (Wildman–Crippen LogP) is 2.79. The molecule has 6 nitrogen and oxygen atoms in total. The molecular formula is C17H13ClFNO5S. The molecule has 136 valence electrons. The van der Waals surface area contributed by atoms with E-state index in [0.717, 1.165) is 18.2 Å². The molecule has 0 unspecified atom stereocenters. The molecular weight excluding hydrogens is 385 g/mol. The van der Waals surface area contributed by atoms with Gasteiger partial charge in [-0.3, -0.25) is 4.79 Å². The maximum atomic E-state index is 13.4. The van der Waals surface area contributed by atoms with Gasteiger partial charge in [0, 0.05) is 5.56 Å². The average Bonchev–Trinajstić information content (AvgIpc) is 2.88. The Hall–Kier alpha value is -2.58. The zero-order chi connectivity index (χ0) is 21.6. The van der Waals surface area contributed by atoms with E-state index >= 15 is 0 Å². The van der Waals surface area contributed by atoms with E-state index in [2.05, 4.69) is 4.18 Å². The molecule has 9 heteroatoms. The molecule has 0 aliphatic carbocycles. The first-order valence-corrected chi connectivity index (χ1v) is 8.87. The highest BCUT2D eigenvalue weighted by Crippen LogP contribution is 2.34. The fourth-order valence-electron chi connectivity index (χ4n) is 2.11. The van der Waals surface area contributed by atoms with Crippen LogP contribution in [0.2, 0.25) is 5.02 Å². The molecule has 2 aromatic rings. The van der Waals surface area contributed by atoms with Gasteiger partial charge in [0.05, 0.1) is 9.13 Å². The molecule has 0 radical (unpaired) electrons. The lowest BCUT2D eigenvalue weighted by Crippen LogP contribution is -2.16. The van der Waals surface area contributed by atoms with Gasteiger partial charge in [0.25, 0.3) is 0 Å². The summed E-state index contributed by atoms with van der Waals surface area (Å²) >= 11 is 5.66. The number of hydrogen-bond acceptors (Lipinski definition) is 6. The Morgan fingerprint density at radius 3 is 2.65 bits per heavy atom. The number of Topliss-reactive ketones (excluding diaryl/α,β-unsaturated/α-hetero) is 1. The highest BCUT2D eigenvalue weighted by Gasteiger charge is 2.39. The zero-order valence-electron chi connectivity index (χ0n) is 15.9. The second kappa shape index (κ2) is 6.97. The number of carbonyl (C=O) groups excluding carboxylic acids is 1. The van der Waals surface area contributed by atoms with E-state index in [9.17, 15) is 17.6 Å². The van der Waals surface area contributed by atoms with Crippen LogP contribution in [0, 0.1) is 5.82 Å². The third-order valence-electron chi connectivity index (χ3n) is 3.24. The third-order valence-corrected chi connectivity index (χ3v) is 4.40. The van der Waals surface area contributed by atoms with E-state index in [4.69, 9.17) is 26.2 Å². The Kier molecular flexibility index (Phi) is 3.91. The van der Waals surface area contributed by atoms with Gasteiger partial charge in [0.15, 0.2) is 6.08 Å². The van der Waals surface area contributed by atoms with Gasteiger partial charge in [-0.25, -0.2) is 4.39 Å². The molecule has 1 aliphatic rings. The van der Waals surface area contributed by atoms with Crippen LogP contribution < -0.4 is 5.73 Å². The Morgan fingerprint density at radius 2 is 2.00 bits per heavy atom. The molecule has 0 spiro atoms. The number of rotatable bonds is 5. The summed E-state index contributed by atoms with van der Waals surface area (Å²) in [5, 5.41) is -0.397. The van der Waals surface area contributed by atoms with E-state index in [1.54, 1.807) is 6.07 Å². The molecule has 1 aliphatic heterocycles. The highest BCUT2D eigenvalue weighted by atomic mass is 35.5. The van der Waals surface area contributed by atoms with Crippen LogP contribution in [0.25, 0.3) is 0 Å².